The van der Waals surface area contributed by atoms with Gasteiger partial charge in [0.05, 0.1) is 19.1 Å². The molecular weight excluding hydrogens is 550 g/mol. The molecule has 0 saturated carbocycles. The van der Waals surface area contributed by atoms with Crippen LogP contribution in [0.25, 0.3) is 10.2 Å². The number of anilines is 1. The van der Waals surface area contributed by atoms with Gasteiger partial charge in [0.25, 0.3) is 5.91 Å². The Bertz CT molecular complexity index is 1390. The third-order valence-electron chi connectivity index (χ3n) is 7.63. The van der Waals surface area contributed by atoms with Gasteiger partial charge in [-0.05, 0) is 55.2 Å². The number of nitrogens with one attached hydrogen (secondary N) is 1. The predicted octanol–water partition coefficient (Wildman–Crippen LogP) is 3.29. The molecule has 1 amide bonds. The highest BCUT2D eigenvalue weighted by molar-refractivity contribution is 7.89. The molecule has 2 aliphatic heterocycles. The molecule has 1 atom stereocenters. The van der Waals surface area contributed by atoms with Crippen LogP contribution in [-0.2, 0) is 10.0 Å². The molecule has 1 unspecified atom stereocenters. The number of thiazole rings is 1. The second kappa shape index (κ2) is 12.3. The van der Waals surface area contributed by atoms with E-state index in [0.717, 1.165) is 72.4 Å². The van der Waals surface area contributed by atoms with Gasteiger partial charge in [-0.1, -0.05) is 18.3 Å². The molecule has 216 valence electrons. The standard InChI is InChI=1S/C28H37N5O5S2/c1-20-5-4-13-33(19-20)40(35,36)22-8-6-21(7-9-22)27(34)29-12-14-31-15-17-32(18-16-31)28-30-25-23(37-2)10-11-24(38-3)26(25)39-28/h6-11,20H,4-5,12-19H2,1-3H3,(H,29,34). The number of aromatic nitrogens is 1. The number of ether oxygens (including phenoxy) is 2. The number of methoxy groups -OCH3 is 2. The number of hydrogen-bond acceptors (Lipinski definition) is 9. The number of piperazine rings is 1. The largest absolute Gasteiger partial charge is 0.495 e. The smallest absolute Gasteiger partial charge is 0.251 e. The quantitative estimate of drug-likeness (QED) is 0.407. The van der Waals surface area contributed by atoms with Gasteiger partial charge in [-0.3, -0.25) is 9.69 Å². The van der Waals surface area contributed by atoms with Crippen molar-refractivity contribution >= 4 is 42.6 Å². The Morgan fingerprint density at radius 3 is 2.40 bits per heavy atom. The highest BCUT2D eigenvalue weighted by atomic mass is 32.2. The maximum atomic E-state index is 13.0. The molecule has 3 heterocycles. The van der Waals surface area contributed by atoms with Gasteiger partial charge < -0.3 is 19.7 Å². The van der Waals surface area contributed by atoms with Crippen molar-refractivity contribution in [3.05, 3.63) is 42.0 Å². The topological polar surface area (TPSA) is 104 Å². The minimum Gasteiger partial charge on any atom is -0.495 e. The number of sulfonamides is 1. The van der Waals surface area contributed by atoms with E-state index in [9.17, 15) is 13.2 Å². The molecule has 2 fully saturated rings. The summed E-state index contributed by atoms with van der Waals surface area (Å²) in [6, 6.07) is 10.0. The lowest BCUT2D eigenvalue weighted by molar-refractivity contribution is 0.0947. The first-order valence-electron chi connectivity index (χ1n) is 13.7. The summed E-state index contributed by atoms with van der Waals surface area (Å²) in [4.78, 5) is 22.4. The van der Waals surface area contributed by atoms with Crippen molar-refractivity contribution < 1.29 is 22.7 Å². The summed E-state index contributed by atoms with van der Waals surface area (Å²) in [5, 5.41) is 3.92. The van der Waals surface area contributed by atoms with E-state index in [-0.39, 0.29) is 10.8 Å². The first-order chi connectivity index (χ1) is 19.3. The number of carbonyl (C=O) groups excluding carboxylic acids is 1. The molecule has 2 aliphatic rings. The number of piperidine rings is 1. The average Bonchev–Trinajstić information content (AvgIpc) is 3.43. The Morgan fingerprint density at radius 1 is 1.02 bits per heavy atom. The zero-order valence-electron chi connectivity index (χ0n) is 23.3. The van der Waals surface area contributed by atoms with E-state index in [1.807, 2.05) is 12.1 Å². The fraction of sp³-hybridized carbons (Fsp3) is 0.500. The SMILES string of the molecule is COc1ccc(OC)c2sc(N3CCN(CCNC(=O)c4ccc(S(=O)(=O)N5CCCC(C)C5)cc4)CC3)nc12. The second-order valence-corrected chi connectivity index (χ2v) is 13.3. The van der Waals surface area contributed by atoms with Gasteiger partial charge in [0.15, 0.2) is 5.13 Å². The Balaban J connectivity index is 1.10. The highest BCUT2D eigenvalue weighted by Gasteiger charge is 2.29. The normalized spacial score (nSPS) is 19.1. The van der Waals surface area contributed by atoms with Gasteiger partial charge in [0.2, 0.25) is 10.0 Å². The Kier molecular flexibility index (Phi) is 8.79. The van der Waals surface area contributed by atoms with Gasteiger partial charge in [0, 0.05) is 57.9 Å². The van der Waals surface area contributed by atoms with Crippen molar-refractivity contribution in [2.24, 2.45) is 5.92 Å². The molecule has 10 nitrogen and oxygen atoms in total. The maximum absolute atomic E-state index is 13.0. The van der Waals surface area contributed by atoms with Gasteiger partial charge >= 0.3 is 0 Å². The number of hydrogen-bond donors (Lipinski definition) is 1. The van der Waals surface area contributed by atoms with E-state index in [4.69, 9.17) is 14.5 Å². The van der Waals surface area contributed by atoms with Crippen LogP contribution >= 0.6 is 11.3 Å². The van der Waals surface area contributed by atoms with Crippen molar-refractivity contribution in [3.8, 4) is 11.5 Å². The second-order valence-electron chi connectivity index (χ2n) is 10.4. The Morgan fingerprint density at radius 2 is 1.73 bits per heavy atom. The van der Waals surface area contributed by atoms with Crippen LogP contribution < -0.4 is 19.7 Å². The minimum absolute atomic E-state index is 0.202. The molecular formula is C28H37N5O5S2. The number of rotatable bonds is 9. The Hall–Kier alpha value is -2.93. The molecule has 0 spiro atoms. The predicted molar refractivity (Wildman–Crippen MR) is 157 cm³/mol. The van der Waals surface area contributed by atoms with E-state index in [1.54, 1.807) is 42.0 Å². The number of carbonyl (C=O) groups is 1. The summed E-state index contributed by atoms with van der Waals surface area (Å²) in [7, 11) is -0.226. The summed E-state index contributed by atoms with van der Waals surface area (Å²) in [5.74, 6) is 1.69. The Labute approximate surface area is 239 Å². The van der Waals surface area contributed by atoms with E-state index >= 15 is 0 Å². The highest BCUT2D eigenvalue weighted by Crippen LogP contribution is 2.40. The van der Waals surface area contributed by atoms with Gasteiger partial charge in [-0.15, -0.1) is 0 Å². The lowest BCUT2D eigenvalue weighted by atomic mass is 10.0. The van der Waals surface area contributed by atoms with Crippen LogP contribution in [-0.4, -0.2) is 95.1 Å². The lowest BCUT2D eigenvalue weighted by Gasteiger charge is -2.34. The maximum Gasteiger partial charge on any atom is 0.251 e. The van der Waals surface area contributed by atoms with Crippen molar-refractivity contribution in [1.29, 1.82) is 0 Å². The van der Waals surface area contributed by atoms with Crippen molar-refractivity contribution in [2.45, 2.75) is 24.7 Å². The summed E-state index contributed by atoms with van der Waals surface area (Å²) < 4.78 is 39.5. The average molecular weight is 588 g/mol. The van der Waals surface area contributed by atoms with Gasteiger partial charge in [0.1, 0.15) is 21.7 Å². The van der Waals surface area contributed by atoms with E-state index in [1.165, 1.54) is 12.1 Å². The van der Waals surface area contributed by atoms with Gasteiger partial charge in [-0.2, -0.15) is 4.31 Å². The van der Waals surface area contributed by atoms with Crippen LogP contribution in [0.4, 0.5) is 5.13 Å². The fourth-order valence-corrected chi connectivity index (χ4v) is 8.02. The fourth-order valence-electron chi connectivity index (χ4n) is 5.29. The third-order valence-corrected chi connectivity index (χ3v) is 10.6. The van der Waals surface area contributed by atoms with Crippen LogP contribution in [0.2, 0.25) is 0 Å². The van der Waals surface area contributed by atoms with Crippen molar-refractivity contribution in [2.75, 3.05) is 71.5 Å². The van der Waals surface area contributed by atoms with Crippen LogP contribution in [0.3, 0.4) is 0 Å². The first-order valence-corrected chi connectivity index (χ1v) is 15.9. The molecule has 12 heteroatoms. The molecule has 40 heavy (non-hydrogen) atoms. The number of amides is 1. The molecule has 0 aliphatic carbocycles. The third kappa shape index (κ3) is 6.04. The summed E-state index contributed by atoms with van der Waals surface area (Å²) in [5.41, 5.74) is 1.27. The van der Waals surface area contributed by atoms with Crippen molar-refractivity contribution in [3.63, 3.8) is 0 Å². The zero-order valence-corrected chi connectivity index (χ0v) is 24.9. The first kappa shape index (κ1) is 28.6. The van der Waals surface area contributed by atoms with E-state index in [0.29, 0.717) is 31.1 Å². The van der Waals surface area contributed by atoms with Crippen LogP contribution in [0.1, 0.15) is 30.1 Å². The van der Waals surface area contributed by atoms with E-state index < -0.39 is 10.0 Å². The number of fused-ring (bicyclic) bond motifs is 1. The number of benzene rings is 2. The molecule has 2 aromatic carbocycles. The van der Waals surface area contributed by atoms with Gasteiger partial charge in [-0.25, -0.2) is 13.4 Å². The van der Waals surface area contributed by atoms with Crippen molar-refractivity contribution in [1.82, 2.24) is 19.5 Å². The molecule has 3 aromatic rings. The van der Waals surface area contributed by atoms with Crippen LogP contribution in [0.15, 0.2) is 41.3 Å². The molecule has 2 saturated heterocycles. The van der Waals surface area contributed by atoms with E-state index in [2.05, 4.69) is 22.0 Å². The minimum atomic E-state index is -3.53. The zero-order chi connectivity index (χ0) is 28.3. The molecule has 1 aromatic heterocycles. The monoisotopic (exact) mass is 587 g/mol. The summed E-state index contributed by atoms with van der Waals surface area (Å²) in [6.45, 7) is 7.82. The number of nitrogens with zero attached hydrogens (tertiary/aromatic N) is 4. The lowest BCUT2D eigenvalue weighted by Crippen LogP contribution is -2.48. The molecule has 1 N–H and O–H groups in total. The summed E-state index contributed by atoms with van der Waals surface area (Å²) in [6.07, 6.45) is 1.93. The van der Waals surface area contributed by atoms with Crippen LogP contribution in [0.5, 0.6) is 11.5 Å². The molecule has 0 bridgehead atoms. The molecule has 5 rings (SSSR count). The summed E-state index contributed by atoms with van der Waals surface area (Å²) >= 11 is 1.61. The molecule has 0 radical (unpaired) electrons. The van der Waals surface area contributed by atoms with Crippen LogP contribution in [0, 0.1) is 5.92 Å².